The van der Waals surface area contributed by atoms with Crippen molar-refractivity contribution in [3.63, 3.8) is 0 Å². The second kappa shape index (κ2) is 7.41. The molecule has 2 rings (SSSR count). The summed E-state index contributed by atoms with van der Waals surface area (Å²) in [7, 11) is 0. The van der Waals surface area contributed by atoms with Crippen LogP contribution in [0.3, 0.4) is 0 Å². The number of amides is 1. The maximum atomic E-state index is 12.0. The highest BCUT2D eigenvalue weighted by Crippen LogP contribution is 2.22. The number of aliphatic hydroxyl groups is 1. The van der Waals surface area contributed by atoms with Gasteiger partial charge in [-0.2, -0.15) is 0 Å². The van der Waals surface area contributed by atoms with Crippen LogP contribution in [0.1, 0.15) is 50.7 Å². The molecule has 1 aliphatic rings. The van der Waals surface area contributed by atoms with Crippen LogP contribution in [0.2, 0.25) is 0 Å². The van der Waals surface area contributed by atoms with Crippen LogP contribution in [0.5, 0.6) is 0 Å². The third-order valence-corrected chi connectivity index (χ3v) is 3.82. The lowest BCUT2D eigenvalue weighted by molar-refractivity contribution is -0.116. The lowest BCUT2D eigenvalue weighted by atomic mass is 10.0. The second-order valence-electron chi connectivity index (χ2n) is 5.50. The minimum absolute atomic E-state index is 0.0190. The van der Waals surface area contributed by atoms with E-state index in [1.165, 1.54) is 12.8 Å². The van der Waals surface area contributed by atoms with Gasteiger partial charge in [0.15, 0.2) is 0 Å². The van der Waals surface area contributed by atoms with E-state index in [9.17, 15) is 9.90 Å². The normalized spacial score (nSPS) is 20.4. The number of nitrogens with one attached hydrogen (secondary N) is 2. The molecule has 0 spiro atoms. The molecular formula is C16H24N2O2. The number of carbonyl (C=O) groups is 1. The molecule has 1 aromatic rings. The van der Waals surface area contributed by atoms with Crippen LogP contribution in [0.15, 0.2) is 24.3 Å². The molecule has 1 aliphatic heterocycles. The van der Waals surface area contributed by atoms with Gasteiger partial charge < -0.3 is 15.7 Å². The van der Waals surface area contributed by atoms with Crippen LogP contribution in [0.4, 0.5) is 5.69 Å². The van der Waals surface area contributed by atoms with Crippen LogP contribution in [0.25, 0.3) is 0 Å². The Balaban J connectivity index is 1.85. The molecule has 1 saturated heterocycles. The van der Waals surface area contributed by atoms with Gasteiger partial charge in [0.2, 0.25) is 5.91 Å². The fourth-order valence-corrected chi connectivity index (χ4v) is 2.66. The summed E-state index contributed by atoms with van der Waals surface area (Å²) in [6.07, 6.45) is 4.48. The number of aliphatic hydroxyl groups excluding tert-OH is 1. The molecule has 3 N–H and O–H groups in total. The van der Waals surface area contributed by atoms with Gasteiger partial charge in [0.05, 0.1) is 6.10 Å². The van der Waals surface area contributed by atoms with Crippen LogP contribution in [0, 0.1) is 0 Å². The predicted molar refractivity (Wildman–Crippen MR) is 80.6 cm³/mol. The molecule has 2 unspecified atom stereocenters. The Bertz CT molecular complexity index is 440. The molecule has 110 valence electrons. The topological polar surface area (TPSA) is 61.4 Å². The molecule has 1 heterocycles. The molecule has 0 saturated carbocycles. The highest BCUT2D eigenvalue weighted by molar-refractivity contribution is 5.91. The molecule has 0 bridgehead atoms. The van der Waals surface area contributed by atoms with Crippen molar-refractivity contribution >= 4 is 11.6 Å². The molecule has 2 atom stereocenters. The third kappa shape index (κ3) is 4.32. The van der Waals surface area contributed by atoms with Gasteiger partial charge in [0.1, 0.15) is 0 Å². The highest BCUT2D eigenvalue weighted by atomic mass is 16.3. The van der Waals surface area contributed by atoms with E-state index in [2.05, 4.69) is 10.6 Å². The summed E-state index contributed by atoms with van der Waals surface area (Å²) in [5.74, 6) is 0.0190. The fourth-order valence-electron chi connectivity index (χ4n) is 2.66. The minimum Gasteiger partial charge on any atom is -0.389 e. The van der Waals surface area contributed by atoms with E-state index in [1.807, 2.05) is 24.3 Å². The van der Waals surface area contributed by atoms with E-state index in [-0.39, 0.29) is 5.91 Å². The van der Waals surface area contributed by atoms with Gasteiger partial charge in [-0.15, -0.1) is 0 Å². The van der Waals surface area contributed by atoms with Crippen LogP contribution in [-0.4, -0.2) is 23.6 Å². The molecule has 0 aromatic heterocycles. The lowest BCUT2D eigenvalue weighted by Crippen LogP contribution is -2.34. The average Bonchev–Trinajstić information content (AvgIpc) is 2.46. The molecule has 4 nitrogen and oxygen atoms in total. The Morgan fingerprint density at radius 1 is 1.45 bits per heavy atom. The van der Waals surface area contributed by atoms with Crippen LogP contribution < -0.4 is 10.6 Å². The fraction of sp³-hybridized carbons (Fsp3) is 0.562. The van der Waals surface area contributed by atoms with Gasteiger partial charge >= 0.3 is 0 Å². The number of anilines is 1. The number of hydrogen-bond donors (Lipinski definition) is 3. The minimum atomic E-state index is -0.577. The quantitative estimate of drug-likeness (QED) is 0.774. The second-order valence-corrected chi connectivity index (χ2v) is 5.50. The van der Waals surface area contributed by atoms with E-state index in [0.717, 1.165) is 24.9 Å². The van der Waals surface area contributed by atoms with Crippen molar-refractivity contribution in [2.45, 2.75) is 51.2 Å². The summed E-state index contributed by atoms with van der Waals surface area (Å²) in [6, 6.07) is 7.87. The number of carbonyl (C=O) groups excluding carboxylic acids is 1. The van der Waals surface area contributed by atoms with Crippen molar-refractivity contribution in [2.24, 2.45) is 0 Å². The zero-order chi connectivity index (χ0) is 14.4. The number of benzene rings is 1. The average molecular weight is 276 g/mol. The molecule has 1 fully saturated rings. The predicted octanol–water partition coefficient (Wildman–Crippen LogP) is 2.60. The first-order valence-corrected chi connectivity index (χ1v) is 7.47. The molecule has 1 aromatic carbocycles. The zero-order valence-electron chi connectivity index (χ0n) is 12.1. The van der Waals surface area contributed by atoms with Crippen molar-refractivity contribution in [2.75, 3.05) is 11.9 Å². The van der Waals surface area contributed by atoms with Gasteiger partial charge in [-0.05, 0) is 38.8 Å². The van der Waals surface area contributed by atoms with E-state index in [4.69, 9.17) is 0 Å². The summed E-state index contributed by atoms with van der Waals surface area (Å²) >= 11 is 0. The first kappa shape index (κ1) is 15.0. The Kier molecular flexibility index (Phi) is 5.56. The number of para-hydroxylation sites is 1. The maximum Gasteiger partial charge on any atom is 0.224 e. The van der Waals surface area contributed by atoms with E-state index >= 15 is 0 Å². The van der Waals surface area contributed by atoms with Crippen LogP contribution in [-0.2, 0) is 4.79 Å². The summed E-state index contributed by atoms with van der Waals surface area (Å²) in [5, 5.41) is 16.0. The van der Waals surface area contributed by atoms with Gasteiger partial charge in [-0.25, -0.2) is 0 Å². The van der Waals surface area contributed by atoms with Crippen molar-refractivity contribution in [1.82, 2.24) is 5.32 Å². The van der Waals surface area contributed by atoms with Gasteiger partial charge in [-0.1, -0.05) is 24.6 Å². The zero-order valence-corrected chi connectivity index (χ0v) is 12.1. The van der Waals surface area contributed by atoms with Gasteiger partial charge in [-0.3, -0.25) is 4.79 Å². The largest absolute Gasteiger partial charge is 0.389 e. The summed E-state index contributed by atoms with van der Waals surface area (Å²) < 4.78 is 0. The van der Waals surface area contributed by atoms with E-state index in [0.29, 0.717) is 18.2 Å². The van der Waals surface area contributed by atoms with Crippen LogP contribution >= 0.6 is 0 Å². The third-order valence-electron chi connectivity index (χ3n) is 3.82. The number of rotatable bonds is 5. The number of hydrogen-bond acceptors (Lipinski definition) is 3. The number of piperidine rings is 1. The Morgan fingerprint density at radius 2 is 2.25 bits per heavy atom. The summed E-state index contributed by atoms with van der Waals surface area (Å²) in [5.41, 5.74) is 1.47. The summed E-state index contributed by atoms with van der Waals surface area (Å²) in [6.45, 7) is 2.77. The van der Waals surface area contributed by atoms with Crippen molar-refractivity contribution < 1.29 is 9.90 Å². The Hall–Kier alpha value is -1.39. The monoisotopic (exact) mass is 276 g/mol. The molecular weight excluding hydrogens is 252 g/mol. The lowest BCUT2D eigenvalue weighted by Gasteiger charge is -2.23. The van der Waals surface area contributed by atoms with E-state index in [1.54, 1.807) is 6.92 Å². The van der Waals surface area contributed by atoms with Crippen molar-refractivity contribution in [3.05, 3.63) is 29.8 Å². The van der Waals surface area contributed by atoms with Gasteiger partial charge in [0, 0.05) is 23.7 Å². The smallest absolute Gasteiger partial charge is 0.224 e. The highest BCUT2D eigenvalue weighted by Gasteiger charge is 2.15. The Morgan fingerprint density at radius 3 is 2.95 bits per heavy atom. The maximum absolute atomic E-state index is 12.0. The van der Waals surface area contributed by atoms with Crippen molar-refractivity contribution in [3.8, 4) is 0 Å². The standard InChI is InChI=1S/C16H24N2O2/c1-12(19)14-7-2-3-8-15(14)18-16(20)10-9-13-6-4-5-11-17-13/h2-3,7-8,12-13,17,19H,4-6,9-11H2,1H3,(H,18,20). The SMILES string of the molecule is CC(O)c1ccccc1NC(=O)CCC1CCCCN1. The molecule has 0 aliphatic carbocycles. The molecule has 20 heavy (non-hydrogen) atoms. The molecule has 1 amide bonds. The van der Waals surface area contributed by atoms with E-state index < -0.39 is 6.10 Å². The Labute approximate surface area is 120 Å². The first-order valence-electron chi connectivity index (χ1n) is 7.47. The van der Waals surface area contributed by atoms with Crippen molar-refractivity contribution in [1.29, 1.82) is 0 Å². The molecule has 0 radical (unpaired) electrons. The summed E-state index contributed by atoms with van der Waals surface area (Å²) in [4.78, 5) is 12.0. The molecule has 4 heteroatoms. The first-order chi connectivity index (χ1) is 9.66. The van der Waals surface area contributed by atoms with Gasteiger partial charge in [0.25, 0.3) is 0 Å².